The summed E-state index contributed by atoms with van der Waals surface area (Å²) < 4.78 is 0.752. The van der Waals surface area contributed by atoms with Gasteiger partial charge in [-0.15, -0.1) is 0 Å². The van der Waals surface area contributed by atoms with Crippen molar-refractivity contribution in [2.45, 2.75) is 13.0 Å². The fourth-order valence-corrected chi connectivity index (χ4v) is 1.46. The number of nitrogens with one attached hydrogen (secondary N) is 1. The zero-order chi connectivity index (χ0) is 10.6. The van der Waals surface area contributed by atoms with Crippen LogP contribution in [0.5, 0.6) is 0 Å². The normalized spacial score (nSPS) is 12.2. The second kappa shape index (κ2) is 5.12. The van der Waals surface area contributed by atoms with E-state index >= 15 is 0 Å². The van der Waals surface area contributed by atoms with Gasteiger partial charge in [-0.05, 0) is 35.0 Å². The van der Waals surface area contributed by atoms with Crippen LogP contribution in [-0.4, -0.2) is 23.7 Å². The van der Waals surface area contributed by atoms with E-state index in [1.165, 1.54) is 0 Å². The van der Waals surface area contributed by atoms with Gasteiger partial charge in [-0.1, -0.05) is 12.1 Å². The Morgan fingerprint density at radius 1 is 1.57 bits per heavy atom. The molecule has 0 aliphatic rings. The molecule has 0 aliphatic heterocycles. The summed E-state index contributed by atoms with van der Waals surface area (Å²) in [6.45, 7) is 1.69. The molecule has 1 unspecified atom stereocenters. The van der Waals surface area contributed by atoms with Crippen molar-refractivity contribution in [2.24, 2.45) is 0 Å². The van der Waals surface area contributed by atoms with Crippen molar-refractivity contribution in [1.82, 2.24) is 5.32 Å². The maximum Gasteiger partial charge on any atom is 0.252 e. The average Bonchev–Trinajstić information content (AvgIpc) is 2.18. The summed E-state index contributed by atoms with van der Waals surface area (Å²) in [6, 6.07) is 6.94. The molecule has 14 heavy (non-hydrogen) atoms. The molecule has 2 N–H and O–H groups in total. The first-order chi connectivity index (χ1) is 6.65. The molecule has 1 rings (SSSR count). The van der Waals surface area contributed by atoms with Gasteiger partial charge in [-0.2, -0.15) is 0 Å². The van der Waals surface area contributed by atoms with Crippen molar-refractivity contribution < 1.29 is 9.90 Å². The lowest BCUT2D eigenvalue weighted by Crippen LogP contribution is -2.35. The van der Waals surface area contributed by atoms with Crippen molar-refractivity contribution in [1.29, 1.82) is 0 Å². The maximum absolute atomic E-state index is 11.6. The Morgan fingerprint density at radius 3 is 2.79 bits per heavy atom. The second-order valence-electron chi connectivity index (χ2n) is 3.04. The van der Waals surface area contributed by atoms with Crippen LogP contribution in [0.2, 0.25) is 0 Å². The summed E-state index contributed by atoms with van der Waals surface area (Å²) in [5, 5.41) is 11.4. The lowest BCUT2D eigenvalue weighted by atomic mass is 10.2. The predicted molar refractivity (Wildman–Crippen MR) is 58.2 cm³/mol. The number of halogens is 1. The minimum atomic E-state index is -0.227. The number of benzene rings is 1. The highest BCUT2D eigenvalue weighted by Crippen LogP contribution is 2.15. The van der Waals surface area contributed by atoms with Gasteiger partial charge in [0.05, 0.1) is 12.2 Å². The number of rotatable bonds is 3. The fraction of sp³-hybridized carbons (Fsp3) is 0.300. The van der Waals surface area contributed by atoms with Gasteiger partial charge in [0.25, 0.3) is 5.91 Å². The minimum absolute atomic E-state index is 0.0593. The second-order valence-corrected chi connectivity index (χ2v) is 3.89. The van der Waals surface area contributed by atoms with Crippen LogP contribution < -0.4 is 5.32 Å². The van der Waals surface area contributed by atoms with Gasteiger partial charge in [0.2, 0.25) is 0 Å². The first-order valence-electron chi connectivity index (χ1n) is 4.31. The molecule has 0 saturated carbocycles. The van der Waals surface area contributed by atoms with Crippen molar-refractivity contribution in [2.75, 3.05) is 6.61 Å². The summed E-state index contributed by atoms with van der Waals surface area (Å²) in [7, 11) is 0. The lowest BCUT2D eigenvalue weighted by Gasteiger charge is -2.11. The van der Waals surface area contributed by atoms with Crippen LogP contribution in [0, 0.1) is 0 Å². The molecule has 0 aromatic heterocycles. The summed E-state index contributed by atoms with van der Waals surface area (Å²) in [5.74, 6) is -0.181. The van der Waals surface area contributed by atoms with Crippen molar-refractivity contribution in [3.05, 3.63) is 34.3 Å². The van der Waals surface area contributed by atoms with Crippen LogP contribution in [0.4, 0.5) is 0 Å². The summed E-state index contributed by atoms with van der Waals surface area (Å²) in [6.07, 6.45) is 0. The van der Waals surface area contributed by atoms with E-state index in [4.69, 9.17) is 5.11 Å². The van der Waals surface area contributed by atoms with E-state index in [1.54, 1.807) is 25.1 Å². The number of carbonyl (C=O) groups excluding carboxylic acids is 1. The molecule has 1 aromatic carbocycles. The van der Waals surface area contributed by atoms with E-state index in [0.29, 0.717) is 5.56 Å². The number of amides is 1. The molecule has 0 heterocycles. The molecule has 0 spiro atoms. The first kappa shape index (κ1) is 11.2. The molecular formula is C10H12BrNO2. The van der Waals surface area contributed by atoms with Crippen LogP contribution in [0.15, 0.2) is 28.7 Å². The Labute approximate surface area is 91.3 Å². The Morgan fingerprint density at radius 2 is 2.21 bits per heavy atom. The van der Waals surface area contributed by atoms with E-state index in [1.807, 2.05) is 6.07 Å². The molecule has 0 saturated heterocycles. The SMILES string of the molecule is CC(CO)NC(=O)c1ccccc1Br. The smallest absolute Gasteiger partial charge is 0.252 e. The van der Waals surface area contributed by atoms with Gasteiger partial charge in [-0.3, -0.25) is 4.79 Å². The maximum atomic E-state index is 11.6. The van der Waals surface area contributed by atoms with E-state index in [-0.39, 0.29) is 18.6 Å². The van der Waals surface area contributed by atoms with Gasteiger partial charge in [-0.25, -0.2) is 0 Å². The Balaban J connectivity index is 2.75. The molecule has 0 radical (unpaired) electrons. The standard InChI is InChI=1S/C10H12BrNO2/c1-7(6-13)12-10(14)8-4-2-3-5-9(8)11/h2-5,7,13H,6H2,1H3,(H,12,14). The van der Waals surface area contributed by atoms with E-state index in [2.05, 4.69) is 21.2 Å². The largest absolute Gasteiger partial charge is 0.394 e. The highest BCUT2D eigenvalue weighted by Gasteiger charge is 2.10. The number of aliphatic hydroxyl groups is 1. The third-order valence-electron chi connectivity index (χ3n) is 1.77. The first-order valence-corrected chi connectivity index (χ1v) is 5.10. The van der Waals surface area contributed by atoms with Crippen LogP contribution in [0.1, 0.15) is 17.3 Å². The highest BCUT2D eigenvalue weighted by molar-refractivity contribution is 9.10. The Hall–Kier alpha value is -0.870. The van der Waals surface area contributed by atoms with E-state index in [9.17, 15) is 4.79 Å². The number of hydrogen-bond donors (Lipinski definition) is 2. The van der Waals surface area contributed by atoms with Crippen molar-refractivity contribution in [3.63, 3.8) is 0 Å². The molecule has 0 bridgehead atoms. The van der Waals surface area contributed by atoms with Gasteiger partial charge >= 0.3 is 0 Å². The zero-order valence-corrected chi connectivity index (χ0v) is 9.41. The minimum Gasteiger partial charge on any atom is -0.394 e. The third kappa shape index (κ3) is 2.82. The van der Waals surface area contributed by atoms with Crippen LogP contribution in [0.3, 0.4) is 0 Å². The summed E-state index contributed by atoms with van der Waals surface area (Å²) >= 11 is 3.29. The quantitative estimate of drug-likeness (QED) is 0.864. The van der Waals surface area contributed by atoms with Crippen molar-refractivity contribution in [3.8, 4) is 0 Å². The number of hydrogen-bond acceptors (Lipinski definition) is 2. The molecule has 1 atom stereocenters. The van der Waals surface area contributed by atoms with Gasteiger partial charge in [0.15, 0.2) is 0 Å². The highest BCUT2D eigenvalue weighted by atomic mass is 79.9. The topological polar surface area (TPSA) is 49.3 Å². The number of carbonyl (C=O) groups is 1. The van der Waals surface area contributed by atoms with Gasteiger partial charge in [0.1, 0.15) is 0 Å². The van der Waals surface area contributed by atoms with Crippen molar-refractivity contribution >= 4 is 21.8 Å². The molecule has 1 aromatic rings. The molecule has 3 nitrogen and oxygen atoms in total. The third-order valence-corrected chi connectivity index (χ3v) is 2.46. The summed E-state index contributed by atoms with van der Waals surface area (Å²) in [5.41, 5.74) is 0.577. The molecule has 76 valence electrons. The van der Waals surface area contributed by atoms with Gasteiger partial charge in [0, 0.05) is 10.5 Å². The Kier molecular flexibility index (Phi) is 4.10. The summed E-state index contributed by atoms with van der Waals surface area (Å²) in [4.78, 5) is 11.6. The molecule has 1 amide bonds. The average molecular weight is 258 g/mol. The molecule has 4 heteroatoms. The van der Waals surface area contributed by atoms with E-state index in [0.717, 1.165) is 4.47 Å². The van der Waals surface area contributed by atoms with Gasteiger partial charge < -0.3 is 10.4 Å². The molecule has 0 aliphatic carbocycles. The Bertz CT molecular complexity index is 328. The predicted octanol–water partition coefficient (Wildman–Crippen LogP) is 1.56. The van der Waals surface area contributed by atoms with Crippen LogP contribution >= 0.6 is 15.9 Å². The lowest BCUT2D eigenvalue weighted by molar-refractivity contribution is 0.0921. The van der Waals surface area contributed by atoms with Crippen LogP contribution in [-0.2, 0) is 0 Å². The molecule has 0 fully saturated rings. The van der Waals surface area contributed by atoms with E-state index < -0.39 is 0 Å². The number of aliphatic hydroxyl groups excluding tert-OH is 1. The van der Waals surface area contributed by atoms with Crippen LogP contribution in [0.25, 0.3) is 0 Å². The zero-order valence-electron chi connectivity index (χ0n) is 7.83. The monoisotopic (exact) mass is 257 g/mol. The fourth-order valence-electron chi connectivity index (χ4n) is 0.993. The molecular weight excluding hydrogens is 246 g/mol.